The molecule has 1 rings (SSSR count). The molecule has 0 aromatic carbocycles. The van der Waals surface area contributed by atoms with Gasteiger partial charge in [-0.15, -0.1) is 0 Å². The lowest BCUT2D eigenvalue weighted by Gasteiger charge is -2.34. The van der Waals surface area contributed by atoms with Gasteiger partial charge in [-0.3, -0.25) is 15.0 Å². The first-order chi connectivity index (χ1) is 8.45. The standard InChI is InChI=1S/C10H17N3O5/c1-6(8(14)12-10(17)11-2)13-3-4-18-7(5-13)9(15)16/h6-7H,3-5H2,1-2H3,(H,15,16)(H2,11,12,14,17). The second kappa shape index (κ2) is 6.31. The van der Waals surface area contributed by atoms with Crippen molar-refractivity contribution in [3.63, 3.8) is 0 Å². The number of carboxylic acid groups (broad SMARTS) is 1. The van der Waals surface area contributed by atoms with Crippen molar-refractivity contribution in [2.24, 2.45) is 0 Å². The smallest absolute Gasteiger partial charge is 0.334 e. The number of urea groups is 1. The molecule has 2 unspecified atom stereocenters. The number of nitrogens with zero attached hydrogens (tertiary/aromatic N) is 1. The average molecular weight is 259 g/mol. The Hall–Kier alpha value is -1.67. The molecule has 102 valence electrons. The Morgan fingerprint density at radius 1 is 1.44 bits per heavy atom. The van der Waals surface area contributed by atoms with Gasteiger partial charge in [0.1, 0.15) is 0 Å². The number of imide groups is 1. The maximum atomic E-state index is 11.7. The molecule has 1 heterocycles. The lowest BCUT2D eigenvalue weighted by molar-refractivity contribution is -0.158. The fourth-order valence-electron chi connectivity index (χ4n) is 1.62. The number of carboxylic acids is 1. The van der Waals surface area contributed by atoms with E-state index in [9.17, 15) is 14.4 Å². The van der Waals surface area contributed by atoms with Crippen molar-refractivity contribution in [3.8, 4) is 0 Å². The van der Waals surface area contributed by atoms with Crippen LogP contribution in [0.1, 0.15) is 6.92 Å². The molecule has 2 atom stereocenters. The van der Waals surface area contributed by atoms with Gasteiger partial charge in [0.25, 0.3) is 0 Å². The summed E-state index contributed by atoms with van der Waals surface area (Å²) in [6.45, 7) is 2.43. The van der Waals surface area contributed by atoms with Gasteiger partial charge < -0.3 is 15.2 Å². The van der Waals surface area contributed by atoms with Crippen molar-refractivity contribution < 1.29 is 24.2 Å². The minimum atomic E-state index is -1.06. The number of hydrogen-bond acceptors (Lipinski definition) is 5. The Labute approximate surface area is 104 Å². The van der Waals surface area contributed by atoms with Crippen LogP contribution in [0.5, 0.6) is 0 Å². The molecule has 8 heteroatoms. The van der Waals surface area contributed by atoms with Crippen molar-refractivity contribution in [2.45, 2.75) is 19.1 Å². The normalized spacial score (nSPS) is 22.0. The van der Waals surface area contributed by atoms with Crippen molar-refractivity contribution in [3.05, 3.63) is 0 Å². The molecule has 3 N–H and O–H groups in total. The summed E-state index contributed by atoms with van der Waals surface area (Å²) in [5.41, 5.74) is 0. The highest BCUT2D eigenvalue weighted by atomic mass is 16.5. The van der Waals surface area contributed by atoms with Crippen molar-refractivity contribution in [1.29, 1.82) is 0 Å². The lowest BCUT2D eigenvalue weighted by atomic mass is 10.2. The Balaban J connectivity index is 2.55. The predicted molar refractivity (Wildman–Crippen MR) is 61.0 cm³/mol. The number of carbonyl (C=O) groups is 3. The number of carbonyl (C=O) groups excluding carboxylic acids is 2. The van der Waals surface area contributed by atoms with Crippen LogP contribution in [0.15, 0.2) is 0 Å². The molecule has 3 amide bonds. The monoisotopic (exact) mass is 259 g/mol. The number of amides is 3. The number of nitrogens with one attached hydrogen (secondary N) is 2. The SMILES string of the molecule is CNC(=O)NC(=O)C(C)N1CCOC(C(=O)O)C1. The third kappa shape index (κ3) is 3.67. The van der Waals surface area contributed by atoms with Gasteiger partial charge in [-0.2, -0.15) is 0 Å². The number of hydrogen-bond donors (Lipinski definition) is 3. The van der Waals surface area contributed by atoms with Gasteiger partial charge in [0.2, 0.25) is 5.91 Å². The molecule has 18 heavy (non-hydrogen) atoms. The fourth-order valence-corrected chi connectivity index (χ4v) is 1.62. The molecule has 0 aromatic rings. The molecule has 8 nitrogen and oxygen atoms in total. The topological polar surface area (TPSA) is 108 Å². The molecule has 0 aromatic heterocycles. The van der Waals surface area contributed by atoms with Gasteiger partial charge in [0.15, 0.2) is 6.10 Å². The van der Waals surface area contributed by atoms with E-state index in [0.717, 1.165) is 0 Å². The van der Waals surface area contributed by atoms with E-state index in [1.54, 1.807) is 11.8 Å². The van der Waals surface area contributed by atoms with Crippen molar-refractivity contribution in [1.82, 2.24) is 15.5 Å². The number of morpholine rings is 1. The molecule has 0 radical (unpaired) electrons. The van der Waals surface area contributed by atoms with Crippen molar-refractivity contribution in [2.75, 3.05) is 26.7 Å². The molecular weight excluding hydrogens is 242 g/mol. The van der Waals surface area contributed by atoms with Gasteiger partial charge in [-0.05, 0) is 6.92 Å². The number of ether oxygens (including phenoxy) is 1. The highest BCUT2D eigenvalue weighted by molar-refractivity contribution is 5.96. The summed E-state index contributed by atoms with van der Waals surface area (Å²) < 4.78 is 5.05. The first-order valence-corrected chi connectivity index (χ1v) is 5.56. The van der Waals surface area contributed by atoms with E-state index in [-0.39, 0.29) is 13.2 Å². The maximum absolute atomic E-state index is 11.7. The summed E-state index contributed by atoms with van der Waals surface area (Å²) in [4.78, 5) is 35.2. The average Bonchev–Trinajstić information content (AvgIpc) is 2.37. The van der Waals surface area contributed by atoms with Crippen LogP contribution in [0.2, 0.25) is 0 Å². The van der Waals surface area contributed by atoms with E-state index in [1.807, 2.05) is 0 Å². The summed E-state index contributed by atoms with van der Waals surface area (Å²) in [5, 5.41) is 13.3. The quantitative estimate of drug-likeness (QED) is 0.576. The van der Waals surface area contributed by atoms with Crippen molar-refractivity contribution >= 4 is 17.9 Å². The number of rotatable bonds is 3. The van der Waals surface area contributed by atoms with E-state index in [2.05, 4.69) is 10.6 Å². The summed E-state index contributed by atoms with van der Waals surface area (Å²) in [7, 11) is 1.41. The zero-order valence-electron chi connectivity index (χ0n) is 10.3. The first-order valence-electron chi connectivity index (χ1n) is 5.56. The molecule has 0 spiro atoms. The van der Waals surface area contributed by atoms with E-state index in [4.69, 9.17) is 9.84 Å². The molecule has 1 saturated heterocycles. The lowest BCUT2D eigenvalue weighted by Crippen LogP contribution is -2.55. The third-order valence-electron chi connectivity index (χ3n) is 2.76. The Morgan fingerprint density at radius 2 is 2.11 bits per heavy atom. The minimum Gasteiger partial charge on any atom is -0.479 e. The molecule has 1 fully saturated rings. The van der Waals surface area contributed by atoms with Crippen LogP contribution < -0.4 is 10.6 Å². The summed E-state index contributed by atoms with van der Waals surface area (Å²) in [6.07, 6.45) is -0.936. The molecule has 1 aliphatic heterocycles. The Bertz CT molecular complexity index is 346. The Kier molecular flexibility index (Phi) is 5.05. The van der Waals surface area contributed by atoms with Gasteiger partial charge in [-0.1, -0.05) is 0 Å². The van der Waals surface area contributed by atoms with E-state index in [0.29, 0.717) is 6.54 Å². The highest BCUT2D eigenvalue weighted by Crippen LogP contribution is 2.09. The second-order valence-electron chi connectivity index (χ2n) is 3.94. The second-order valence-corrected chi connectivity index (χ2v) is 3.94. The molecule has 0 saturated carbocycles. The van der Waals surface area contributed by atoms with Gasteiger partial charge in [0.05, 0.1) is 12.6 Å². The molecule has 1 aliphatic rings. The zero-order chi connectivity index (χ0) is 13.7. The Morgan fingerprint density at radius 3 is 2.67 bits per heavy atom. The fraction of sp³-hybridized carbons (Fsp3) is 0.700. The van der Waals surface area contributed by atoms with Crippen LogP contribution in [0, 0.1) is 0 Å². The van der Waals surface area contributed by atoms with Gasteiger partial charge in [-0.25, -0.2) is 9.59 Å². The zero-order valence-corrected chi connectivity index (χ0v) is 10.3. The van der Waals surface area contributed by atoms with E-state index < -0.39 is 30.1 Å². The van der Waals surface area contributed by atoms with Gasteiger partial charge >= 0.3 is 12.0 Å². The van der Waals surface area contributed by atoms with E-state index >= 15 is 0 Å². The van der Waals surface area contributed by atoms with Crippen LogP contribution in [0.4, 0.5) is 4.79 Å². The minimum absolute atomic E-state index is 0.123. The van der Waals surface area contributed by atoms with Crippen LogP contribution >= 0.6 is 0 Å². The van der Waals surface area contributed by atoms with E-state index in [1.165, 1.54) is 7.05 Å². The predicted octanol–water partition coefficient (Wildman–Crippen LogP) is -1.38. The van der Waals surface area contributed by atoms with Crippen LogP contribution in [-0.4, -0.2) is 66.8 Å². The van der Waals surface area contributed by atoms with Crippen LogP contribution in [-0.2, 0) is 14.3 Å². The van der Waals surface area contributed by atoms with Crippen LogP contribution in [0.3, 0.4) is 0 Å². The third-order valence-corrected chi connectivity index (χ3v) is 2.76. The first kappa shape index (κ1) is 14.4. The number of aliphatic carboxylic acids is 1. The summed E-state index contributed by atoms with van der Waals surface area (Å²) in [5.74, 6) is -1.53. The maximum Gasteiger partial charge on any atom is 0.334 e. The largest absolute Gasteiger partial charge is 0.479 e. The summed E-state index contributed by atoms with van der Waals surface area (Å²) in [6, 6.07) is -1.18. The molecule has 0 aliphatic carbocycles. The molecule has 0 bridgehead atoms. The molecular formula is C10H17N3O5. The van der Waals surface area contributed by atoms with Crippen LogP contribution in [0.25, 0.3) is 0 Å². The van der Waals surface area contributed by atoms with Gasteiger partial charge in [0, 0.05) is 20.1 Å². The summed E-state index contributed by atoms with van der Waals surface area (Å²) >= 11 is 0. The highest BCUT2D eigenvalue weighted by Gasteiger charge is 2.31.